The predicted octanol–water partition coefficient (Wildman–Crippen LogP) is 1.55. The van der Waals surface area contributed by atoms with Crippen LogP contribution >= 0.6 is 0 Å². The average molecular weight is 346 g/mol. The van der Waals surface area contributed by atoms with Crippen LogP contribution in [0.5, 0.6) is 0 Å². The normalized spacial score (nSPS) is 23.1. The number of hydrogen-bond acceptors (Lipinski definition) is 6. The van der Waals surface area contributed by atoms with Crippen molar-refractivity contribution in [2.45, 2.75) is 51.1 Å². The summed E-state index contributed by atoms with van der Waals surface area (Å²) in [5, 5.41) is 6.34. The molecule has 7 nitrogen and oxygen atoms in total. The second-order valence-electron chi connectivity index (χ2n) is 6.85. The van der Waals surface area contributed by atoms with Crippen LogP contribution in [0.4, 0.5) is 5.69 Å². The molecule has 0 radical (unpaired) electrons. The molecule has 1 aliphatic heterocycles. The number of carbonyl (C=O) groups is 2. The molecule has 136 valence electrons. The van der Waals surface area contributed by atoms with Crippen molar-refractivity contribution >= 4 is 17.6 Å². The van der Waals surface area contributed by atoms with Crippen LogP contribution in [0.3, 0.4) is 0 Å². The number of ether oxygens (including phenoxy) is 1. The zero-order valence-corrected chi connectivity index (χ0v) is 14.6. The van der Waals surface area contributed by atoms with Gasteiger partial charge in [0.1, 0.15) is 0 Å². The lowest BCUT2D eigenvalue weighted by Crippen LogP contribution is -2.34. The number of amides is 1. The van der Waals surface area contributed by atoms with E-state index in [1.807, 2.05) is 6.92 Å². The van der Waals surface area contributed by atoms with Gasteiger partial charge in [0.25, 0.3) is 5.91 Å². The third-order valence-corrected chi connectivity index (χ3v) is 4.73. The molecule has 4 N–H and O–H groups in total. The Bertz CT molecular complexity index is 645. The summed E-state index contributed by atoms with van der Waals surface area (Å²) in [6, 6.07) is 1.99. The first kappa shape index (κ1) is 17.7. The Balaban J connectivity index is 1.63. The van der Waals surface area contributed by atoms with Gasteiger partial charge in [-0.3, -0.25) is 14.6 Å². The van der Waals surface area contributed by atoms with E-state index in [1.165, 1.54) is 0 Å². The first-order valence-corrected chi connectivity index (χ1v) is 9.02. The van der Waals surface area contributed by atoms with Crippen LogP contribution in [-0.4, -0.2) is 36.1 Å². The molecule has 3 rings (SSSR count). The zero-order valence-electron chi connectivity index (χ0n) is 14.6. The SMILES string of the molecule is CCOC(=O)CC1CCNC(c2ncc(C(=O)NC3CC3)cc2N)C1. The molecule has 2 fully saturated rings. The first-order valence-electron chi connectivity index (χ1n) is 9.02. The maximum Gasteiger partial charge on any atom is 0.306 e. The van der Waals surface area contributed by atoms with Crippen LogP contribution < -0.4 is 16.4 Å². The monoisotopic (exact) mass is 346 g/mol. The number of anilines is 1. The molecule has 2 unspecified atom stereocenters. The van der Waals surface area contributed by atoms with Crippen molar-refractivity contribution < 1.29 is 14.3 Å². The fourth-order valence-electron chi connectivity index (χ4n) is 3.25. The van der Waals surface area contributed by atoms with E-state index in [0.717, 1.165) is 37.9 Å². The van der Waals surface area contributed by atoms with Crippen LogP contribution in [0.25, 0.3) is 0 Å². The third kappa shape index (κ3) is 4.69. The van der Waals surface area contributed by atoms with Gasteiger partial charge in [0, 0.05) is 18.7 Å². The number of nitrogens with zero attached hydrogens (tertiary/aromatic N) is 1. The third-order valence-electron chi connectivity index (χ3n) is 4.73. The summed E-state index contributed by atoms with van der Waals surface area (Å²) in [7, 11) is 0. The van der Waals surface area contributed by atoms with Crippen molar-refractivity contribution in [3.05, 3.63) is 23.5 Å². The van der Waals surface area contributed by atoms with Gasteiger partial charge in [-0.15, -0.1) is 0 Å². The number of nitrogens with two attached hydrogens (primary N) is 1. The van der Waals surface area contributed by atoms with Gasteiger partial charge in [0.2, 0.25) is 0 Å². The van der Waals surface area contributed by atoms with Crippen LogP contribution in [0, 0.1) is 5.92 Å². The van der Waals surface area contributed by atoms with Gasteiger partial charge >= 0.3 is 5.97 Å². The molecule has 0 bridgehead atoms. The average Bonchev–Trinajstić information content (AvgIpc) is 3.39. The number of nitrogen functional groups attached to an aromatic ring is 1. The van der Waals surface area contributed by atoms with E-state index >= 15 is 0 Å². The lowest BCUT2D eigenvalue weighted by atomic mass is 9.88. The van der Waals surface area contributed by atoms with Gasteiger partial charge in [-0.25, -0.2) is 0 Å². The highest BCUT2D eigenvalue weighted by Crippen LogP contribution is 2.31. The molecule has 1 amide bonds. The number of nitrogens with one attached hydrogen (secondary N) is 2. The van der Waals surface area contributed by atoms with E-state index in [-0.39, 0.29) is 23.8 Å². The van der Waals surface area contributed by atoms with Crippen LogP contribution in [0.2, 0.25) is 0 Å². The largest absolute Gasteiger partial charge is 0.466 e. The van der Waals surface area contributed by atoms with Gasteiger partial charge in [0.05, 0.1) is 29.6 Å². The van der Waals surface area contributed by atoms with Gasteiger partial charge in [-0.05, 0) is 51.1 Å². The zero-order chi connectivity index (χ0) is 17.8. The lowest BCUT2D eigenvalue weighted by molar-refractivity contribution is -0.144. The van der Waals surface area contributed by atoms with E-state index in [2.05, 4.69) is 15.6 Å². The minimum absolute atomic E-state index is 0.00581. The highest BCUT2D eigenvalue weighted by molar-refractivity contribution is 5.95. The lowest BCUT2D eigenvalue weighted by Gasteiger charge is -2.30. The van der Waals surface area contributed by atoms with Crippen molar-refractivity contribution in [3.8, 4) is 0 Å². The topological polar surface area (TPSA) is 106 Å². The number of aromatic nitrogens is 1. The Morgan fingerprint density at radius 2 is 2.20 bits per heavy atom. The van der Waals surface area contributed by atoms with E-state index in [9.17, 15) is 9.59 Å². The number of rotatable bonds is 6. The Hall–Kier alpha value is -2.15. The highest BCUT2D eigenvalue weighted by atomic mass is 16.5. The maximum absolute atomic E-state index is 12.1. The summed E-state index contributed by atoms with van der Waals surface area (Å²) in [6.45, 7) is 3.03. The number of piperidine rings is 1. The van der Waals surface area contributed by atoms with Crippen LogP contribution in [0.15, 0.2) is 12.3 Å². The van der Waals surface area contributed by atoms with Crippen molar-refractivity contribution in [2.75, 3.05) is 18.9 Å². The summed E-state index contributed by atoms with van der Waals surface area (Å²) in [6.07, 6.45) is 5.80. The molecular formula is C18H26N4O3. The number of esters is 1. The predicted molar refractivity (Wildman–Crippen MR) is 93.9 cm³/mol. The van der Waals surface area contributed by atoms with Crippen LogP contribution in [-0.2, 0) is 9.53 Å². The number of carbonyl (C=O) groups excluding carboxylic acids is 2. The smallest absolute Gasteiger partial charge is 0.306 e. The maximum atomic E-state index is 12.1. The Morgan fingerprint density at radius 1 is 1.40 bits per heavy atom. The summed E-state index contributed by atoms with van der Waals surface area (Å²) < 4.78 is 5.04. The molecule has 1 aliphatic carbocycles. The van der Waals surface area contributed by atoms with Crippen molar-refractivity contribution in [2.24, 2.45) is 5.92 Å². The minimum atomic E-state index is -0.152. The van der Waals surface area contributed by atoms with E-state index in [4.69, 9.17) is 10.5 Å². The molecule has 2 atom stereocenters. The molecule has 7 heteroatoms. The molecule has 1 saturated heterocycles. The molecule has 25 heavy (non-hydrogen) atoms. The molecule has 1 saturated carbocycles. The molecule has 1 aromatic heterocycles. The number of pyridine rings is 1. The van der Waals surface area contributed by atoms with Crippen LogP contribution in [0.1, 0.15) is 61.1 Å². The first-order chi connectivity index (χ1) is 12.1. The molecule has 2 heterocycles. The summed E-state index contributed by atoms with van der Waals surface area (Å²) in [5.41, 5.74) is 7.91. The Kier molecular flexibility index (Phi) is 5.53. The second kappa shape index (κ2) is 7.82. The fraction of sp³-hybridized carbons (Fsp3) is 0.611. The number of hydrogen-bond donors (Lipinski definition) is 3. The standard InChI is InChI=1S/C18H26N4O3/c1-2-25-16(23)8-11-5-6-20-15(7-11)17-14(19)9-12(10-21-17)18(24)22-13-3-4-13/h9-11,13,15,20H,2-8,19H2,1H3,(H,22,24). The molecular weight excluding hydrogens is 320 g/mol. The van der Waals surface area contributed by atoms with Gasteiger partial charge in [0.15, 0.2) is 0 Å². The van der Waals surface area contributed by atoms with Crippen molar-refractivity contribution in [3.63, 3.8) is 0 Å². The molecule has 0 aromatic carbocycles. The van der Waals surface area contributed by atoms with Crippen molar-refractivity contribution in [1.82, 2.24) is 15.6 Å². The molecule has 0 spiro atoms. The van der Waals surface area contributed by atoms with Gasteiger partial charge in [-0.2, -0.15) is 0 Å². The Labute approximate surface area is 147 Å². The van der Waals surface area contributed by atoms with E-state index in [0.29, 0.717) is 30.3 Å². The summed E-state index contributed by atoms with van der Waals surface area (Å²) in [5.74, 6) is -0.0180. The molecule has 2 aliphatic rings. The minimum Gasteiger partial charge on any atom is -0.466 e. The fourth-order valence-corrected chi connectivity index (χ4v) is 3.25. The quantitative estimate of drug-likeness (QED) is 0.675. The van der Waals surface area contributed by atoms with Crippen molar-refractivity contribution in [1.29, 1.82) is 0 Å². The van der Waals surface area contributed by atoms with Gasteiger partial charge in [-0.1, -0.05) is 0 Å². The Morgan fingerprint density at radius 3 is 2.88 bits per heavy atom. The van der Waals surface area contributed by atoms with Gasteiger partial charge < -0.3 is 21.1 Å². The molecule has 1 aromatic rings. The van der Waals surface area contributed by atoms with E-state index < -0.39 is 0 Å². The summed E-state index contributed by atoms with van der Waals surface area (Å²) in [4.78, 5) is 28.2. The highest BCUT2D eigenvalue weighted by Gasteiger charge is 2.28. The second-order valence-corrected chi connectivity index (χ2v) is 6.85. The van der Waals surface area contributed by atoms with E-state index in [1.54, 1.807) is 12.3 Å². The summed E-state index contributed by atoms with van der Waals surface area (Å²) >= 11 is 0.